The molecule has 2 N–H and O–H groups in total. The molecule has 4 aromatic rings. The van der Waals surface area contributed by atoms with E-state index in [1.807, 2.05) is 18.2 Å². The largest absolute Gasteiger partial charge is 0.434 e. The number of hydrogen-bond acceptors (Lipinski definition) is 3. The highest BCUT2D eigenvalue weighted by atomic mass is 35.5. The Balaban J connectivity index is 1.61. The molecule has 10 heteroatoms. The van der Waals surface area contributed by atoms with Gasteiger partial charge in [-0.25, -0.2) is 9.67 Å². The molecule has 148 valence electrons. The van der Waals surface area contributed by atoms with Crippen LogP contribution in [0.3, 0.4) is 0 Å². The van der Waals surface area contributed by atoms with Crippen molar-refractivity contribution >= 4 is 28.5 Å². The lowest BCUT2D eigenvalue weighted by atomic mass is 10.2. The monoisotopic (exact) mass is 419 g/mol. The van der Waals surface area contributed by atoms with Crippen LogP contribution < -0.4 is 5.32 Å². The van der Waals surface area contributed by atoms with Gasteiger partial charge in [-0.3, -0.25) is 4.79 Å². The second-order valence-corrected chi connectivity index (χ2v) is 6.61. The summed E-state index contributed by atoms with van der Waals surface area (Å²) in [5.74, 6) is -0.476. The highest BCUT2D eigenvalue weighted by molar-refractivity contribution is 6.30. The molecule has 29 heavy (non-hydrogen) atoms. The van der Waals surface area contributed by atoms with Crippen LogP contribution in [0, 0.1) is 0 Å². The fourth-order valence-electron chi connectivity index (χ4n) is 2.91. The Labute approximate surface area is 167 Å². The van der Waals surface area contributed by atoms with Crippen LogP contribution in [0.4, 0.5) is 13.2 Å². The van der Waals surface area contributed by atoms with Crippen molar-refractivity contribution < 1.29 is 18.0 Å². The highest BCUT2D eigenvalue weighted by Gasteiger charge is 2.40. The van der Waals surface area contributed by atoms with E-state index in [4.69, 9.17) is 11.6 Å². The molecule has 2 aromatic carbocycles. The first-order valence-corrected chi connectivity index (χ1v) is 8.84. The summed E-state index contributed by atoms with van der Waals surface area (Å²) in [5, 5.41) is 6.59. The summed E-state index contributed by atoms with van der Waals surface area (Å²) in [6.45, 7) is -0.0586. The standard InChI is InChI=1S/C19H13ClF3N5O/c20-11-5-7-12(8-6-11)28-17(19(21,22)23)13(9-25-28)18(29)24-10-16-26-14-3-1-2-4-15(14)27-16/h1-9H,10H2,(H,24,29)(H,26,27). The van der Waals surface area contributed by atoms with Crippen molar-refractivity contribution in [2.75, 3.05) is 0 Å². The van der Waals surface area contributed by atoms with Gasteiger partial charge in [-0.15, -0.1) is 0 Å². The molecule has 6 nitrogen and oxygen atoms in total. The van der Waals surface area contributed by atoms with E-state index in [0.29, 0.717) is 21.0 Å². The van der Waals surface area contributed by atoms with Gasteiger partial charge < -0.3 is 10.3 Å². The molecule has 1 amide bonds. The number of amides is 1. The van der Waals surface area contributed by atoms with E-state index in [2.05, 4.69) is 20.4 Å². The second kappa shape index (κ2) is 7.25. The van der Waals surface area contributed by atoms with E-state index in [1.54, 1.807) is 6.07 Å². The van der Waals surface area contributed by atoms with Gasteiger partial charge in [0.2, 0.25) is 0 Å². The lowest BCUT2D eigenvalue weighted by Gasteiger charge is -2.12. The molecule has 0 radical (unpaired) electrons. The van der Waals surface area contributed by atoms with Crippen LogP contribution in [0.25, 0.3) is 16.7 Å². The third kappa shape index (κ3) is 3.81. The number of nitrogens with zero attached hydrogens (tertiary/aromatic N) is 3. The maximum absolute atomic E-state index is 13.7. The smallest absolute Gasteiger partial charge is 0.345 e. The number of H-pyrrole nitrogens is 1. The van der Waals surface area contributed by atoms with Crippen LogP contribution >= 0.6 is 11.6 Å². The van der Waals surface area contributed by atoms with Crippen molar-refractivity contribution in [1.29, 1.82) is 0 Å². The van der Waals surface area contributed by atoms with Gasteiger partial charge in [-0.1, -0.05) is 23.7 Å². The van der Waals surface area contributed by atoms with Gasteiger partial charge in [0.25, 0.3) is 5.91 Å². The number of imidazole rings is 1. The molecular formula is C19H13ClF3N5O. The zero-order chi connectivity index (χ0) is 20.6. The van der Waals surface area contributed by atoms with E-state index < -0.39 is 23.3 Å². The van der Waals surface area contributed by atoms with Crippen molar-refractivity contribution in [3.8, 4) is 5.69 Å². The van der Waals surface area contributed by atoms with Gasteiger partial charge in [0, 0.05) is 5.02 Å². The van der Waals surface area contributed by atoms with Crippen LogP contribution in [0.2, 0.25) is 5.02 Å². The average molecular weight is 420 g/mol. The Bertz CT molecular complexity index is 1150. The molecule has 0 aliphatic rings. The quantitative estimate of drug-likeness (QED) is 0.516. The molecule has 0 fully saturated rings. The zero-order valence-corrected chi connectivity index (χ0v) is 15.4. The topological polar surface area (TPSA) is 75.6 Å². The van der Waals surface area contributed by atoms with E-state index in [1.165, 1.54) is 24.3 Å². The normalized spacial score (nSPS) is 11.7. The predicted molar refractivity (Wildman–Crippen MR) is 101 cm³/mol. The van der Waals surface area contributed by atoms with Crippen molar-refractivity contribution in [1.82, 2.24) is 25.1 Å². The van der Waals surface area contributed by atoms with Crippen LogP contribution in [0.15, 0.2) is 54.7 Å². The first-order chi connectivity index (χ1) is 13.8. The number of fused-ring (bicyclic) bond motifs is 1. The third-order valence-electron chi connectivity index (χ3n) is 4.21. The van der Waals surface area contributed by atoms with Crippen LogP contribution in [0.1, 0.15) is 21.9 Å². The predicted octanol–water partition coefficient (Wildman–Crippen LogP) is 4.35. The van der Waals surface area contributed by atoms with Crippen LogP contribution in [-0.4, -0.2) is 25.7 Å². The van der Waals surface area contributed by atoms with Crippen molar-refractivity contribution in [3.63, 3.8) is 0 Å². The number of alkyl halides is 3. The van der Waals surface area contributed by atoms with E-state index in [9.17, 15) is 18.0 Å². The number of rotatable bonds is 4. The lowest BCUT2D eigenvalue weighted by Crippen LogP contribution is -2.26. The number of carbonyl (C=O) groups excluding carboxylic acids is 1. The van der Waals surface area contributed by atoms with Crippen molar-refractivity contribution in [3.05, 3.63) is 76.8 Å². The summed E-state index contributed by atoms with van der Waals surface area (Å²) in [6.07, 6.45) is -3.90. The van der Waals surface area contributed by atoms with E-state index in [0.717, 1.165) is 11.7 Å². The first kappa shape index (κ1) is 19.0. The fourth-order valence-corrected chi connectivity index (χ4v) is 3.04. The third-order valence-corrected chi connectivity index (χ3v) is 4.46. The minimum Gasteiger partial charge on any atom is -0.345 e. The summed E-state index contributed by atoms with van der Waals surface area (Å²) in [6, 6.07) is 12.9. The molecule has 0 saturated heterocycles. The molecule has 2 aromatic heterocycles. The Morgan fingerprint density at radius 2 is 1.86 bits per heavy atom. The molecule has 2 heterocycles. The summed E-state index contributed by atoms with van der Waals surface area (Å²) in [5.41, 5.74) is -0.143. The van der Waals surface area contributed by atoms with Gasteiger partial charge in [0.1, 0.15) is 5.82 Å². The maximum atomic E-state index is 13.7. The van der Waals surface area contributed by atoms with Crippen LogP contribution in [0.5, 0.6) is 0 Å². The lowest BCUT2D eigenvalue weighted by molar-refractivity contribution is -0.143. The molecule has 0 saturated carbocycles. The fraction of sp³-hybridized carbons (Fsp3) is 0.105. The molecule has 0 unspecified atom stereocenters. The molecule has 0 atom stereocenters. The number of carbonyl (C=O) groups is 1. The number of para-hydroxylation sites is 2. The number of halogens is 4. The average Bonchev–Trinajstić information content (AvgIpc) is 3.30. The Morgan fingerprint density at radius 1 is 1.14 bits per heavy atom. The number of aromatic amines is 1. The zero-order valence-electron chi connectivity index (χ0n) is 14.7. The minimum absolute atomic E-state index is 0.0586. The number of nitrogens with one attached hydrogen (secondary N) is 2. The molecule has 0 aliphatic heterocycles. The van der Waals surface area contributed by atoms with Gasteiger partial charge >= 0.3 is 6.18 Å². The number of benzene rings is 2. The molecule has 0 aliphatic carbocycles. The maximum Gasteiger partial charge on any atom is 0.434 e. The Kier molecular flexibility index (Phi) is 4.75. The number of aromatic nitrogens is 4. The summed E-state index contributed by atoms with van der Waals surface area (Å²) in [4.78, 5) is 19.8. The SMILES string of the molecule is O=C(NCc1nc2ccccc2[nH]1)c1cnn(-c2ccc(Cl)cc2)c1C(F)(F)F. The van der Waals surface area contributed by atoms with Gasteiger partial charge in [0.05, 0.1) is 35.0 Å². The Hall–Kier alpha value is -3.33. The summed E-state index contributed by atoms with van der Waals surface area (Å²) >= 11 is 5.79. The second-order valence-electron chi connectivity index (χ2n) is 6.18. The molecule has 0 bridgehead atoms. The molecular weight excluding hydrogens is 407 g/mol. The van der Waals surface area contributed by atoms with Crippen LogP contribution in [-0.2, 0) is 12.7 Å². The Morgan fingerprint density at radius 3 is 2.55 bits per heavy atom. The van der Waals surface area contributed by atoms with Gasteiger partial charge in [-0.05, 0) is 36.4 Å². The summed E-state index contributed by atoms with van der Waals surface area (Å²) < 4.78 is 41.7. The minimum atomic E-state index is -4.79. The highest BCUT2D eigenvalue weighted by Crippen LogP contribution is 2.33. The van der Waals surface area contributed by atoms with Gasteiger partial charge in [0.15, 0.2) is 5.69 Å². The first-order valence-electron chi connectivity index (χ1n) is 8.46. The summed E-state index contributed by atoms with van der Waals surface area (Å²) in [7, 11) is 0. The van der Waals surface area contributed by atoms with E-state index in [-0.39, 0.29) is 12.2 Å². The molecule has 0 spiro atoms. The van der Waals surface area contributed by atoms with Crippen molar-refractivity contribution in [2.24, 2.45) is 0 Å². The van der Waals surface area contributed by atoms with Gasteiger partial charge in [-0.2, -0.15) is 18.3 Å². The van der Waals surface area contributed by atoms with E-state index >= 15 is 0 Å². The number of hydrogen-bond donors (Lipinski definition) is 2. The van der Waals surface area contributed by atoms with Crippen molar-refractivity contribution in [2.45, 2.75) is 12.7 Å². The molecule has 4 rings (SSSR count).